The number of anilines is 1. The second kappa shape index (κ2) is 9.76. The first-order valence-corrected chi connectivity index (χ1v) is 11.2. The maximum Gasteiger partial charge on any atom is 0.416 e. The van der Waals surface area contributed by atoms with Crippen molar-refractivity contribution >= 4 is 45.6 Å². The molecular weight excluding hydrogens is 473 g/mol. The number of nitrogens with zero attached hydrogens (tertiary/aromatic N) is 2. The molecule has 4 aromatic rings. The molecule has 0 aliphatic rings. The number of carbonyl (C=O) groups excluding carboxylic acids is 1. The number of fused-ring (bicyclic) bond motifs is 1. The Kier molecular flexibility index (Phi) is 6.80. The van der Waals surface area contributed by atoms with Crippen molar-refractivity contribution in [2.45, 2.75) is 19.1 Å². The average molecular weight is 491 g/mol. The number of nitrogens with one attached hydrogen (secondary N) is 2. The van der Waals surface area contributed by atoms with Crippen molar-refractivity contribution < 1.29 is 18.0 Å². The van der Waals surface area contributed by atoms with Crippen LogP contribution in [0, 0.1) is 0 Å². The molecule has 0 spiro atoms. The van der Waals surface area contributed by atoms with Gasteiger partial charge in [0.05, 0.1) is 16.0 Å². The van der Waals surface area contributed by atoms with Crippen molar-refractivity contribution in [3.63, 3.8) is 0 Å². The maximum absolute atomic E-state index is 12.8. The van der Waals surface area contributed by atoms with Crippen LogP contribution in [0.4, 0.5) is 19.0 Å². The van der Waals surface area contributed by atoms with Crippen molar-refractivity contribution in [1.29, 1.82) is 0 Å². The summed E-state index contributed by atoms with van der Waals surface area (Å²) in [5.41, 5.74) is 0.316. The van der Waals surface area contributed by atoms with Gasteiger partial charge in [-0.3, -0.25) is 4.79 Å². The van der Waals surface area contributed by atoms with Gasteiger partial charge in [-0.15, -0.1) is 11.3 Å². The second-order valence-corrected chi connectivity index (χ2v) is 8.57. The summed E-state index contributed by atoms with van der Waals surface area (Å²) in [5, 5.41) is 9.07. The fraction of sp³-hybridized carbons (Fsp3) is 0.174. The Balaban J connectivity index is 1.40. The van der Waals surface area contributed by atoms with Gasteiger partial charge in [0.15, 0.2) is 5.82 Å². The second-order valence-electron chi connectivity index (χ2n) is 7.19. The molecule has 170 valence electrons. The van der Waals surface area contributed by atoms with Crippen molar-refractivity contribution in [1.82, 2.24) is 15.3 Å². The number of benzene rings is 2. The molecule has 2 heterocycles. The summed E-state index contributed by atoms with van der Waals surface area (Å²) in [7, 11) is 0. The summed E-state index contributed by atoms with van der Waals surface area (Å²) in [4.78, 5) is 22.3. The molecule has 0 unspecified atom stereocenters. The van der Waals surface area contributed by atoms with E-state index in [-0.39, 0.29) is 25.4 Å². The van der Waals surface area contributed by atoms with Crippen LogP contribution in [0.1, 0.15) is 17.5 Å². The average Bonchev–Trinajstić information content (AvgIpc) is 3.32. The molecule has 10 heteroatoms. The Morgan fingerprint density at radius 1 is 1.06 bits per heavy atom. The fourth-order valence-electron chi connectivity index (χ4n) is 3.19. The molecule has 0 saturated carbocycles. The summed E-state index contributed by atoms with van der Waals surface area (Å²) in [5.74, 6) is 0.835. The van der Waals surface area contributed by atoms with Gasteiger partial charge in [0.1, 0.15) is 5.82 Å². The van der Waals surface area contributed by atoms with E-state index in [2.05, 4.69) is 20.6 Å². The van der Waals surface area contributed by atoms with Gasteiger partial charge in [0.25, 0.3) is 0 Å². The summed E-state index contributed by atoms with van der Waals surface area (Å²) in [6.07, 6.45) is -4.30. The molecule has 1 amide bonds. The van der Waals surface area contributed by atoms with Crippen molar-refractivity contribution in [3.8, 4) is 10.7 Å². The first kappa shape index (κ1) is 23.0. The number of amides is 1. The summed E-state index contributed by atoms with van der Waals surface area (Å²) in [6.45, 7) is 0.299. The van der Waals surface area contributed by atoms with Gasteiger partial charge in [0, 0.05) is 29.9 Å². The quantitative estimate of drug-likeness (QED) is 0.326. The van der Waals surface area contributed by atoms with E-state index < -0.39 is 11.7 Å². The molecule has 0 saturated heterocycles. The lowest BCUT2D eigenvalue weighted by atomic mass is 10.1. The van der Waals surface area contributed by atoms with Crippen LogP contribution in [-0.4, -0.2) is 22.4 Å². The number of halogens is 4. The Bertz CT molecular complexity index is 1280. The number of alkyl halides is 3. The molecule has 2 aromatic heterocycles. The summed E-state index contributed by atoms with van der Waals surface area (Å²) >= 11 is 7.63. The molecule has 5 nitrogen and oxygen atoms in total. The number of carbonyl (C=O) groups is 1. The highest BCUT2D eigenvalue weighted by Gasteiger charge is 2.30. The number of hydrogen-bond donors (Lipinski definition) is 2. The molecule has 2 N–H and O–H groups in total. The molecule has 4 rings (SSSR count). The SMILES string of the molecule is O=C(CCNc1nc(-c2cccs2)nc2cc(Cl)ccc12)NCc1cccc(C(F)(F)F)c1. The highest BCUT2D eigenvalue weighted by molar-refractivity contribution is 7.13. The first-order chi connectivity index (χ1) is 15.8. The zero-order valence-electron chi connectivity index (χ0n) is 17.1. The lowest BCUT2D eigenvalue weighted by Gasteiger charge is -2.12. The van der Waals surface area contributed by atoms with Crippen LogP contribution >= 0.6 is 22.9 Å². The van der Waals surface area contributed by atoms with Gasteiger partial charge in [0.2, 0.25) is 5.91 Å². The monoisotopic (exact) mass is 490 g/mol. The standard InChI is InChI=1S/C23H18ClF3N4OS/c24-16-6-7-17-18(12-16)30-22(19-5-2-10-33-19)31-21(17)28-9-8-20(32)29-13-14-3-1-4-15(11-14)23(25,26)27/h1-7,10-12H,8-9,13H2,(H,29,32)(H,28,30,31). The Morgan fingerprint density at radius 2 is 1.91 bits per heavy atom. The van der Waals surface area contributed by atoms with Crippen molar-refractivity contribution in [2.75, 3.05) is 11.9 Å². The smallest absolute Gasteiger partial charge is 0.369 e. The van der Waals surface area contributed by atoms with Gasteiger partial charge in [-0.1, -0.05) is 29.8 Å². The van der Waals surface area contributed by atoms with Crippen LogP contribution < -0.4 is 10.6 Å². The van der Waals surface area contributed by atoms with E-state index in [0.717, 1.165) is 22.4 Å². The van der Waals surface area contributed by atoms with Crippen LogP contribution in [0.15, 0.2) is 60.0 Å². The van der Waals surface area contributed by atoms with Crippen LogP contribution in [0.3, 0.4) is 0 Å². The zero-order chi connectivity index (χ0) is 23.4. The molecule has 0 atom stereocenters. The number of hydrogen-bond acceptors (Lipinski definition) is 5. The highest BCUT2D eigenvalue weighted by atomic mass is 35.5. The zero-order valence-corrected chi connectivity index (χ0v) is 18.7. The molecule has 0 fully saturated rings. The third kappa shape index (κ3) is 5.80. The third-order valence-electron chi connectivity index (χ3n) is 4.79. The van der Waals surface area contributed by atoms with Gasteiger partial charge in [-0.25, -0.2) is 9.97 Å². The van der Waals surface area contributed by atoms with Gasteiger partial charge >= 0.3 is 6.18 Å². The summed E-state index contributed by atoms with van der Waals surface area (Å²) < 4.78 is 38.5. The highest BCUT2D eigenvalue weighted by Crippen LogP contribution is 2.30. The molecule has 2 aromatic carbocycles. The maximum atomic E-state index is 12.8. The van der Waals surface area contributed by atoms with E-state index >= 15 is 0 Å². The van der Waals surface area contributed by atoms with E-state index in [1.807, 2.05) is 23.6 Å². The van der Waals surface area contributed by atoms with E-state index in [1.165, 1.54) is 23.5 Å². The topological polar surface area (TPSA) is 66.9 Å². The molecular formula is C23H18ClF3N4OS. The molecule has 0 aliphatic carbocycles. The number of thiophene rings is 1. The predicted molar refractivity (Wildman–Crippen MR) is 124 cm³/mol. The van der Waals surface area contributed by atoms with Gasteiger partial charge < -0.3 is 10.6 Å². The van der Waals surface area contributed by atoms with Gasteiger partial charge in [-0.05, 0) is 47.3 Å². The lowest BCUT2D eigenvalue weighted by molar-refractivity contribution is -0.137. The molecule has 0 aliphatic heterocycles. The number of aromatic nitrogens is 2. The Labute approximate surface area is 196 Å². The van der Waals surface area contributed by atoms with Gasteiger partial charge in [-0.2, -0.15) is 13.2 Å². The minimum Gasteiger partial charge on any atom is -0.369 e. The molecule has 33 heavy (non-hydrogen) atoms. The van der Waals surface area contributed by atoms with Crippen LogP contribution in [0.5, 0.6) is 0 Å². The largest absolute Gasteiger partial charge is 0.416 e. The van der Waals surface area contributed by atoms with E-state index in [9.17, 15) is 18.0 Å². The van der Waals surface area contributed by atoms with Crippen LogP contribution in [-0.2, 0) is 17.5 Å². The summed E-state index contributed by atoms with van der Waals surface area (Å²) in [6, 6.07) is 14.0. The third-order valence-corrected chi connectivity index (χ3v) is 5.89. The fourth-order valence-corrected chi connectivity index (χ4v) is 4.02. The Hall–Kier alpha value is -3.17. The van der Waals surface area contributed by atoms with E-state index in [4.69, 9.17) is 11.6 Å². The Morgan fingerprint density at radius 3 is 2.67 bits per heavy atom. The minimum atomic E-state index is -4.42. The lowest BCUT2D eigenvalue weighted by Crippen LogP contribution is -2.25. The van der Waals surface area contributed by atoms with Crippen molar-refractivity contribution in [3.05, 3.63) is 76.1 Å². The molecule has 0 radical (unpaired) electrons. The van der Waals surface area contributed by atoms with Crippen LogP contribution in [0.2, 0.25) is 5.02 Å². The minimum absolute atomic E-state index is 0.0141. The normalized spacial score (nSPS) is 11.5. The first-order valence-electron chi connectivity index (χ1n) is 9.97. The van der Waals surface area contributed by atoms with Crippen LogP contribution in [0.25, 0.3) is 21.6 Å². The van der Waals surface area contributed by atoms with Crippen molar-refractivity contribution in [2.24, 2.45) is 0 Å². The van der Waals surface area contributed by atoms with E-state index in [0.29, 0.717) is 27.7 Å². The predicted octanol–water partition coefficient (Wildman–Crippen LogP) is 6.15. The molecule has 0 bridgehead atoms. The van der Waals surface area contributed by atoms with E-state index in [1.54, 1.807) is 12.1 Å². The number of rotatable bonds is 7.